The van der Waals surface area contributed by atoms with E-state index in [4.69, 9.17) is 15.2 Å². The fourth-order valence-electron chi connectivity index (χ4n) is 3.52. The van der Waals surface area contributed by atoms with Gasteiger partial charge in [-0.15, -0.1) is 0 Å². The zero-order valence-electron chi connectivity index (χ0n) is 13.1. The first-order valence-corrected chi connectivity index (χ1v) is 8.34. The molecule has 0 radical (unpaired) electrons. The summed E-state index contributed by atoms with van der Waals surface area (Å²) in [5.74, 6) is 0.107. The van der Waals surface area contributed by atoms with Crippen molar-refractivity contribution in [2.45, 2.75) is 82.3 Å². The van der Waals surface area contributed by atoms with Crippen LogP contribution in [0.1, 0.15) is 52.4 Å². The van der Waals surface area contributed by atoms with E-state index in [1.807, 2.05) is 0 Å². The van der Waals surface area contributed by atoms with Crippen LogP contribution in [0, 0.1) is 5.92 Å². The summed E-state index contributed by atoms with van der Waals surface area (Å²) in [4.78, 5) is 12.1. The predicted octanol–water partition coefficient (Wildman–Crippen LogP) is 1.35. The van der Waals surface area contributed by atoms with Crippen LogP contribution in [0.4, 0.5) is 0 Å². The highest BCUT2D eigenvalue weighted by atomic mass is 16.5. The zero-order valence-corrected chi connectivity index (χ0v) is 13.1. The molecule has 3 aliphatic rings. The van der Waals surface area contributed by atoms with Gasteiger partial charge in [-0.25, -0.2) is 0 Å². The van der Waals surface area contributed by atoms with Crippen LogP contribution in [0.15, 0.2) is 0 Å². The first kappa shape index (κ1) is 15.3. The number of rotatable bonds is 7. The van der Waals surface area contributed by atoms with Crippen molar-refractivity contribution in [1.82, 2.24) is 5.32 Å². The Balaban J connectivity index is 1.62. The molecule has 5 nitrogen and oxygen atoms in total. The van der Waals surface area contributed by atoms with E-state index in [9.17, 15) is 4.79 Å². The normalized spacial score (nSPS) is 36.2. The lowest BCUT2D eigenvalue weighted by molar-refractivity contribution is -0.136. The molecule has 2 aliphatic carbocycles. The third-order valence-corrected chi connectivity index (χ3v) is 4.95. The summed E-state index contributed by atoms with van der Waals surface area (Å²) in [6.07, 6.45) is 6.85. The van der Waals surface area contributed by atoms with Crippen molar-refractivity contribution >= 4 is 5.91 Å². The highest BCUT2D eigenvalue weighted by Gasteiger charge is 2.52. The van der Waals surface area contributed by atoms with Gasteiger partial charge in [0.1, 0.15) is 5.54 Å². The quantitative estimate of drug-likeness (QED) is 0.743. The molecule has 21 heavy (non-hydrogen) atoms. The molecule has 0 aromatic heterocycles. The topological polar surface area (TPSA) is 73.6 Å². The minimum absolute atomic E-state index is 0.169. The van der Waals surface area contributed by atoms with Crippen molar-refractivity contribution in [2.24, 2.45) is 11.7 Å². The Bertz CT molecular complexity index is 385. The standard InChI is InChI=1S/C16H28N2O3/c1-10-7-14(8-11(2)21-10)20-9-16(15(17)19,12-3-4-12)18-13-5-6-13/h10-14,18H,3-9H2,1-2H3,(H2,17,19). The number of ether oxygens (including phenoxy) is 2. The molecule has 1 heterocycles. The van der Waals surface area contributed by atoms with Gasteiger partial charge in [-0.2, -0.15) is 0 Å². The molecule has 3 N–H and O–H groups in total. The van der Waals surface area contributed by atoms with E-state index in [0.717, 1.165) is 38.5 Å². The summed E-state index contributed by atoms with van der Waals surface area (Å²) in [5, 5.41) is 3.50. The van der Waals surface area contributed by atoms with E-state index in [1.165, 1.54) is 0 Å². The van der Waals surface area contributed by atoms with Crippen molar-refractivity contribution in [3.8, 4) is 0 Å². The second-order valence-corrected chi connectivity index (χ2v) is 7.19. The molecule has 2 saturated carbocycles. The van der Waals surface area contributed by atoms with Crippen LogP contribution in [-0.4, -0.2) is 42.4 Å². The molecule has 3 atom stereocenters. The average Bonchev–Trinajstić information content (AvgIpc) is 3.24. The second-order valence-electron chi connectivity index (χ2n) is 7.19. The summed E-state index contributed by atoms with van der Waals surface area (Å²) in [6, 6.07) is 0.453. The van der Waals surface area contributed by atoms with Gasteiger partial charge in [-0.3, -0.25) is 10.1 Å². The lowest BCUT2D eigenvalue weighted by Gasteiger charge is -2.37. The first-order chi connectivity index (χ1) is 9.99. The van der Waals surface area contributed by atoms with Crippen LogP contribution >= 0.6 is 0 Å². The van der Waals surface area contributed by atoms with E-state index in [1.54, 1.807) is 0 Å². The van der Waals surface area contributed by atoms with Gasteiger partial charge in [0.2, 0.25) is 5.91 Å². The fraction of sp³-hybridized carbons (Fsp3) is 0.938. The molecule has 3 fully saturated rings. The zero-order chi connectivity index (χ0) is 15.0. The summed E-state index contributed by atoms with van der Waals surface area (Å²) in [6.45, 7) is 4.57. The lowest BCUT2D eigenvalue weighted by atomic mass is 9.92. The number of nitrogens with one attached hydrogen (secondary N) is 1. The molecule has 1 saturated heterocycles. The van der Waals surface area contributed by atoms with Crippen LogP contribution in [0.3, 0.4) is 0 Å². The minimum atomic E-state index is -0.647. The van der Waals surface area contributed by atoms with Crippen molar-refractivity contribution < 1.29 is 14.3 Å². The number of nitrogens with two attached hydrogens (primary N) is 1. The number of hydrogen-bond donors (Lipinski definition) is 2. The van der Waals surface area contributed by atoms with E-state index in [-0.39, 0.29) is 24.2 Å². The van der Waals surface area contributed by atoms with Crippen LogP contribution in [0.25, 0.3) is 0 Å². The highest BCUT2D eigenvalue weighted by Crippen LogP contribution is 2.42. The molecule has 0 aromatic carbocycles. The molecular formula is C16H28N2O3. The van der Waals surface area contributed by atoms with E-state index in [0.29, 0.717) is 18.6 Å². The number of hydrogen-bond acceptors (Lipinski definition) is 4. The van der Waals surface area contributed by atoms with Crippen LogP contribution in [0.5, 0.6) is 0 Å². The van der Waals surface area contributed by atoms with Gasteiger partial charge in [0.25, 0.3) is 0 Å². The number of amides is 1. The summed E-state index contributed by atoms with van der Waals surface area (Å²) in [5.41, 5.74) is 5.11. The van der Waals surface area contributed by atoms with Gasteiger partial charge in [0.05, 0.1) is 24.9 Å². The average molecular weight is 296 g/mol. The Morgan fingerprint density at radius 2 is 1.86 bits per heavy atom. The van der Waals surface area contributed by atoms with Crippen molar-refractivity contribution in [3.05, 3.63) is 0 Å². The summed E-state index contributed by atoms with van der Waals surface area (Å²) >= 11 is 0. The summed E-state index contributed by atoms with van der Waals surface area (Å²) in [7, 11) is 0. The molecule has 3 rings (SSSR count). The van der Waals surface area contributed by atoms with Crippen LogP contribution < -0.4 is 11.1 Å². The Hall–Kier alpha value is -0.650. The number of carbonyl (C=O) groups is 1. The molecule has 0 bridgehead atoms. The number of primary amides is 1. The maximum absolute atomic E-state index is 12.1. The van der Waals surface area contributed by atoms with Gasteiger partial charge in [-0.05, 0) is 58.3 Å². The van der Waals surface area contributed by atoms with Gasteiger partial charge in [-0.1, -0.05) is 0 Å². The van der Waals surface area contributed by atoms with Crippen molar-refractivity contribution in [3.63, 3.8) is 0 Å². The fourth-order valence-corrected chi connectivity index (χ4v) is 3.52. The molecular weight excluding hydrogens is 268 g/mol. The van der Waals surface area contributed by atoms with Crippen molar-refractivity contribution in [1.29, 1.82) is 0 Å². The third-order valence-electron chi connectivity index (χ3n) is 4.95. The third kappa shape index (κ3) is 3.58. The Kier molecular flexibility index (Phi) is 4.26. The SMILES string of the molecule is CC1CC(OCC(NC2CC2)(C(N)=O)C2CC2)CC(C)O1. The molecule has 1 aliphatic heterocycles. The Morgan fingerprint density at radius 1 is 1.24 bits per heavy atom. The smallest absolute Gasteiger partial charge is 0.240 e. The van der Waals surface area contributed by atoms with Gasteiger partial charge in [0, 0.05) is 6.04 Å². The monoisotopic (exact) mass is 296 g/mol. The molecule has 5 heteroatoms. The second kappa shape index (κ2) is 5.86. The predicted molar refractivity (Wildman–Crippen MR) is 79.8 cm³/mol. The van der Waals surface area contributed by atoms with Gasteiger partial charge in [0.15, 0.2) is 0 Å². The van der Waals surface area contributed by atoms with Crippen LogP contribution in [0.2, 0.25) is 0 Å². The van der Waals surface area contributed by atoms with Crippen LogP contribution in [-0.2, 0) is 14.3 Å². The summed E-state index contributed by atoms with van der Waals surface area (Å²) < 4.78 is 11.9. The molecule has 1 amide bonds. The van der Waals surface area contributed by atoms with E-state index in [2.05, 4.69) is 19.2 Å². The van der Waals surface area contributed by atoms with E-state index >= 15 is 0 Å². The van der Waals surface area contributed by atoms with E-state index < -0.39 is 5.54 Å². The minimum Gasteiger partial charge on any atom is -0.376 e. The largest absolute Gasteiger partial charge is 0.376 e. The van der Waals surface area contributed by atoms with Gasteiger partial charge < -0.3 is 15.2 Å². The molecule has 120 valence electrons. The molecule has 0 spiro atoms. The Labute approximate surface area is 126 Å². The maximum atomic E-state index is 12.1. The highest BCUT2D eigenvalue weighted by molar-refractivity contribution is 5.86. The lowest BCUT2D eigenvalue weighted by Crippen LogP contribution is -2.61. The maximum Gasteiger partial charge on any atom is 0.240 e. The number of carbonyl (C=O) groups excluding carboxylic acids is 1. The molecule has 0 aromatic rings. The van der Waals surface area contributed by atoms with Gasteiger partial charge >= 0.3 is 0 Å². The van der Waals surface area contributed by atoms with Crippen molar-refractivity contribution in [2.75, 3.05) is 6.61 Å². The first-order valence-electron chi connectivity index (χ1n) is 8.34. The molecule has 3 unspecified atom stereocenters. The Morgan fingerprint density at radius 3 is 2.33 bits per heavy atom.